The molecule has 0 radical (unpaired) electrons. The molecule has 200 valence electrons. The fourth-order valence-electron chi connectivity index (χ4n) is 6.38. The molecule has 4 aromatic rings. The van der Waals surface area contributed by atoms with Gasteiger partial charge in [-0.25, -0.2) is 0 Å². The van der Waals surface area contributed by atoms with Crippen molar-refractivity contribution in [2.45, 2.75) is 39.3 Å². The highest BCUT2D eigenvalue weighted by atomic mass is 35.5. The van der Waals surface area contributed by atoms with Crippen LogP contribution in [0.4, 0.5) is 11.4 Å². The van der Waals surface area contributed by atoms with Crippen molar-refractivity contribution in [1.82, 2.24) is 14.9 Å². The van der Waals surface area contributed by atoms with Crippen LogP contribution in [-0.4, -0.2) is 27.8 Å². The second-order valence-electron chi connectivity index (χ2n) is 11.1. The third-order valence-electron chi connectivity index (χ3n) is 7.98. The van der Waals surface area contributed by atoms with E-state index in [-0.39, 0.29) is 12.1 Å². The number of hydrogen-bond donors (Lipinski definition) is 1. The predicted molar refractivity (Wildman–Crippen MR) is 165 cm³/mol. The largest absolute Gasteiger partial charge is 0.370 e. The van der Waals surface area contributed by atoms with Gasteiger partial charge in [0.25, 0.3) is 0 Å². The molecule has 0 saturated carbocycles. The Hall–Kier alpha value is -3.35. The number of nitrogens with one attached hydrogen (secondary N) is 1. The van der Waals surface area contributed by atoms with Crippen molar-refractivity contribution in [2.24, 2.45) is 11.8 Å². The summed E-state index contributed by atoms with van der Waals surface area (Å²) >= 11 is 13.0. The molecule has 2 saturated heterocycles. The topological polar surface area (TPSA) is 36.3 Å². The number of halogens is 1. The van der Waals surface area contributed by atoms with Gasteiger partial charge in [-0.05, 0) is 91.5 Å². The van der Waals surface area contributed by atoms with Gasteiger partial charge in [-0.2, -0.15) is 0 Å². The van der Waals surface area contributed by atoms with Crippen LogP contribution in [0.2, 0.25) is 5.02 Å². The van der Waals surface area contributed by atoms with E-state index in [2.05, 4.69) is 107 Å². The summed E-state index contributed by atoms with van der Waals surface area (Å²) in [6.07, 6.45) is 5.23. The minimum atomic E-state index is -0.126. The Labute approximate surface area is 241 Å². The number of aromatic nitrogens is 2. The van der Waals surface area contributed by atoms with Crippen molar-refractivity contribution in [3.05, 3.63) is 107 Å². The molecule has 39 heavy (non-hydrogen) atoms. The first-order valence-electron chi connectivity index (χ1n) is 13.7. The maximum atomic E-state index is 7.01. The number of hydrogen-bond acceptors (Lipinski definition) is 3. The predicted octanol–water partition coefficient (Wildman–Crippen LogP) is 7.49. The Kier molecular flexibility index (Phi) is 7.08. The van der Waals surface area contributed by atoms with E-state index in [1.165, 1.54) is 12.0 Å². The van der Waals surface area contributed by atoms with Crippen molar-refractivity contribution >= 4 is 40.3 Å². The minimum absolute atomic E-state index is 0.126. The molecule has 2 aliphatic rings. The van der Waals surface area contributed by atoms with Gasteiger partial charge in [-0.15, -0.1) is 0 Å². The molecule has 0 spiro atoms. The van der Waals surface area contributed by atoms with Crippen molar-refractivity contribution < 1.29 is 0 Å². The second-order valence-corrected chi connectivity index (χ2v) is 11.9. The van der Waals surface area contributed by atoms with E-state index in [1.807, 2.05) is 18.3 Å². The molecule has 0 bridgehead atoms. The summed E-state index contributed by atoms with van der Waals surface area (Å²) in [5, 5.41) is 5.01. The van der Waals surface area contributed by atoms with Crippen molar-refractivity contribution in [3.63, 3.8) is 0 Å². The first kappa shape index (κ1) is 25.9. The number of rotatable bonds is 5. The molecule has 4 heterocycles. The van der Waals surface area contributed by atoms with Crippen molar-refractivity contribution in [3.8, 4) is 5.69 Å². The van der Waals surface area contributed by atoms with Crippen LogP contribution in [0.1, 0.15) is 49.3 Å². The smallest absolute Gasteiger partial charge is 0.174 e. The number of nitrogens with zero attached hydrogens (tertiary/aromatic N) is 4. The first-order chi connectivity index (χ1) is 18.9. The quantitative estimate of drug-likeness (QED) is 0.258. The van der Waals surface area contributed by atoms with E-state index in [4.69, 9.17) is 28.8 Å². The average Bonchev–Trinajstić information content (AvgIpc) is 3.53. The van der Waals surface area contributed by atoms with E-state index in [0.29, 0.717) is 16.9 Å². The molecule has 2 aliphatic heterocycles. The van der Waals surface area contributed by atoms with Crippen LogP contribution in [-0.2, 0) is 0 Å². The molecule has 1 N–H and O–H groups in total. The fourth-order valence-corrected chi connectivity index (χ4v) is 7.02. The second kappa shape index (κ2) is 10.7. The Morgan fingerprint density at radius 2 is 1.69 bits per heavy atom. The van der Waals surface area contributed by atoms with Gasteiger partial charge in [0.05, 0.1) is 22.4 Å². The molecule has 4 unspecified atom stereocenters. The lowest BCUT2D eigenvalue weighted by molar-refractivity contribution is 0.357. The number of piperidine rings is 1. The summed E-state index contributed by atoms with van der Waals surface area (Å²) in [6.45, 7) is 8.85. The van der Waals surface area contributed by atoms with E-state index >= 15 is 0 Å². The Balaban J connectivity index is 1.43. The maximum absolute atomic E-state index is 7.01. The van der Waals surface area contributed by atoms with Crippen molar-refractivity contribution in [2.75, 3.05) is 22.9 Å². The normalized spacial score (nSPS) is 23.2. The third-order valence-corrected chi connectivity index (χ3v) is 8.59. The molecule has 0 amide bonds. The number of anilines is 2. The fraction of sp³-hybridized carbons (Fsp3) is 0.312. The summed E-state index contributed by atoms with van der Waals surface area (Å²) in [4.78, 5) is 9.36. The van der Waals surface area contributed by atoms with Crippen LogP contribution in [0.25, 0.3) is 5.69 Å². The lowest BCUT2D eigenvalue weighted by Crippen LogP contribution is -2.38. The van der Waals surface area contributed by atoms with Gasteiger partial charge >= 0.3 is 0 Å². The molecule has 0 aliphatic carbocycles. The van der Waals surface area contributed by atoms with E-state index < -0.39 is 0 Å². The summed E-state index contributed by atoms with van der Waals surface area (Å²) in [6, 6.07) is 24.9. The van der Waals surface area contributed by atoms with Gasteiger partial charge in [-0.3, -0.25) is 4.98 Å². The summed E-state index contributed by atoms with van der Waals surface area (Å²) in [5.41, 5.74) is 6.51. The zero-order valence-electron chi connectivity index (χ0n) is 22.6. The standard InChI is InChI=1S/C32H34ClN5S/c1-21-17-22(2)20-36(19-21)28-14-13-24(18-25(28)33)38-31(30(35-32(38)39)26-10-6-7-15-34-26)29-12-8-16-37(29)27-11-5-4-9-23(27)3/h4-16,18,21-22,30-31H,17,19-20H2,1-3H3,(H,35,39). The van der Waals surface area contributed by atoms with Gasteiger partial charge in [0.2, 0.25) is 0 Å². The van der Waals surface area contributed by atoms with Gasteiger partial charge in [0.1, 0.15) is 6.04 Å². The minimum Gasteiger partial charge on any atom is -0.370 e. The van der Waals surface area contributed by atoms with Crippen LogP contribution < -0.4 is 15.1 Å². The maximum Gasteiger partial charge on any atom is 0.174 e. The van der Waals surface area contributed by atoms with Gasteiger partial charge < -0.3 is 19.7 Å². The lowest BCUT2D eigenvalue weighted by atomic mass is 9.91. The molecular formula is C32H34ClN5S. The average molecular weight is 556 g/mol. The Bertz CT molecular complexity index is 1470. The summed E-state index contributed by atoms with van der Waals surface area (Å²) in [7, 11) is 0. The summed E-state index contributed by atoms with van der Waals surface area (Å²) < 4.78 is 2.27. The first-order valence-corrected chi connectivity index (χ1v) is 14.5. The molecule has 4 atom stereocenters. The summed E-state index contributed by atoms with van der Waals surface area (Å²) in [5.74, 6) is 1.30. The number of para-hydroxylation sites is 1. The number of aryl methyl sites for hydroxylation is 1. The molecule has 7 heteroatoms. The Morgan fingerprint density at radius 3 is 2.41 bits per heavy atom. The number of thiocarbonyl (C=S) groups is 1. The van der Waals surface area contributed by atoms with Gasteiger partial charge in [0.15, 0.2) is 5.11 Å². The van der Waals surface area contributed by atoms with Crippen LogP contribution in [0.5, 0.6) is 0 Å². The highest BCUT2D eigenvalue weighted by Gasteiger charge is 2.42. The van der Waals surface area contributed by atoms with Crippen LogP contribution in [0.15, 0.2) is 85.2 Å². The highest BCUT2D eigenvalue weighted by molar-refractivity contribution is 7.80. The van der Waals surface area contributed by atoms with E-state index in [0.717, 1.165) is 46.6 Å². The molecular weight excluding hydrogens is 522 g/mol. The monoisotopic (exact) mass is 555 g/mol. The SMILES string of the molecule is Cc1ccccc1-n1cccc1C1C(c2ccccn2)NC(=S)N1c1ccc(N2CC(C)CC(C)C2)c(Cl)c1. The van der Waals surface area contributed by atoms with Gasteiger partial charge in [0, 0.05) is 42.6 Å². The zero-order chi connectivity index (χ0) is 27.1. The van der Waals surface area contributed by atoms with Crippen LogP contribution >= 0.6 is 23.8 Å². The lowest BCUT2D eigenvalue weighted by Gasteiger charge is -2.37. The molecule has 2 fully saturated rings. The van der Waals surface area contributed by atoms with Gasteiger partial charge in [-0.1, -0.05) is 49.7 Å². The van der Waals surface area contributed by atoms with E-state index in [1.54, 1.807) is 0 Å². The van der Waals surface area contributed by atoms with Crippen LogP contribution in [0.3, 0.4) is 0 Å². The number of benzene rings is 2. The number of pyridine rings is 1. The third kappa shape index (κ3) is 4.92. The van der Waals surface area contributed by atoms with E-state index in [9.17, 15) is 0 Å². The zero-order valence-corrected chi connectivity index (χ0v) is 24.2. The van der Waals surface area contributed by atoms with Crippen LogP contribution in [0, 0.1) is 18.8 Å². The highest BCUT2D eigenvalue weighted by Crippen LogP contribution is 2.44. The van der Waals surface area contributed by atoms with Crippen molar-refractivity contribution in [1.29, 1.82) is 0 Å². The molecule has 6 rings (SSSR count). The molecule has 5 nitrogen and oxygen atoms in total. The Morgan fingerprint density at radius 1 is 0.923 bits per heavy atom. The molecule has 2 aromatic heterocycles. The molecule has 2 aromatic carbocycles.